The molecule has 0 aromatic heterocycles. The van der Waals surface area contributed by atoms with E-state index in [1.54, 1.807) is 0 Å². The molecule has 2 heteroatoms. The molecule has 0 bridgehead atoms. The van der Waals surface area contributed by atoms with Crippen molar-refractivity contribution < 1.29 is 9.47 Å². The molecule has 1 aliphatic carbocycles. The Morgan fingerprint density at radius 3 is 2.76 bits per heavy atom. The molecule has 2 heterocycles. The van der Waals surface area contributed by atoms with Crippen LogP contribution in [0, 0.1) is 23.7 Å². The summed E-state index contributed by atoms with van der Waals surface area (Å²) in [6.45, 7) is 6.83. The fourth-order valence-electron chi connectivity index (χ4n) is 4.13. The van der Waals surface area contributed by atoms with Gasteiger partial charge in [0.05, 0.1) is 12.4 Å². The fourth-order valence-corrected chi connectivity index (χ4v) is 4.13. The lowest BCUT2D eigenvalue weighted by Crippen LogP contribution is -2.44. The van der Waals surface area contributed by atoms with E-state index < -0.39 is 0 Å². The molecule has 2 nitrogen and oxygen atoms in total. The van der Waals surface area contributed by atoms with Gasteiger partial charge < -0.3 is 9.47 Å². The Hall–Kier alpha value is -0.500. The average Bonchev–Trinajstić information content (AvgIpc) is 2.47. The van der Waals surface area contributed by atoms with Crippen LogP contribution in [0.3, 0.4) is 0 Å². The second-order valence-electron chi connectivity index (χ2n) is 6.29. The highest BCUT2D eigenvalue weighted by Gasteiger charge is 2.47. The molecule has 0 radical (unpaired) electrons. The van der Waals surface area contributed by atoms with Crippen LogP contribution in [0.2, 0.25) is 0 Å². The van der Waals surface area contributed by atoms with Gasteiger partial charge in [-0.2, -0.15) is 0 Å². The van der Waals surface area contributed by atoms with E-state index in [1.165, 1.54) is 31.3 Å². The molecule has 3 aliphatic rings. The first-order valence-corrected chi connectivity index (χ1v) is 7.14. The van der Waals surface area contributed by atoms with Gasteiger partial charge in [-0.3, -0.25) is 0 Å². The van der Waals surface area contributed by atoms with Crippen molar-refractivity contribution in [1.29, 1.82) is 0 Å². The van der Waals surface area contributed by atoms with E-state index in [9.17, 15) is 0 Å². The Morgan fingerprint density at radius 1 is 1.12 bits per heavy atom. The molecule has 17 heavy (non-hydrogen) atoms. The van der Waals surface area contributed by atoms with Gasteiger partial charge in [0, 0.05) is 5.92 Å². The summed E-state index contributed by atoms with van der Waals surface area (Å²) < 4.78 is 11.9. The SMILES string of the molecule is CC1=COC2OC(C)CCC3C(C)CCC1C23. The summed E-state index contributed by atoms with van der Waals surface area (Å²) in [5.41, 5.74) is 1.43. The van der Waals surface area contributed by atoms with Crippen LogP contribution in [0.1, 0.15) is 46.5 Å². The fraction of sp³-hybridized carbons (Fsp3) is 0.867. The first-order chi connectivity index (χ1) is 8.16. The zero-order valence-electron chi connectivity index (χ0n) is 11.2. The molecule has 1 saturated carbocycles. The van der Waals surface area contributed by atoms with Gasteiger partial charge in [-0.15, -0.1) is 0 Å². The summed E-state index contributed by atoms with van der Waals surface area (Å²) in [6, 6.07) is 0. The van der Waals surface area contributed by atoms with Crippen LogP contribution < -0.4 is 0 Å². The predicted octanol–water partition coefficient (Wildman–Crippen LogP) is 3.72. The van der Waals surface area contributed by atoms with E-state index in [1.807, 2.05) is 6.26 Å². The van der Waals surface area contributed by atoms with E-state index in [0.29, 0.717) is 17.9 Å². The zero-order chi connectivity index (χ0) is 12.0. The van der Waals surface area contributed by atoms with Crippen molar-refractivity contribution in [2.24, 2.45) is 23.7 Å². The Morgan fingerprint density at radius 2 is 1.94 bits per heavy atom. The number of allylic oxidation sites excluding steroid dienone is 1. The zero-order valence-corrected chi connectivity index (χ0v) is 11.2. The van der Waals surface area contributed by atoms with Gasteiger partial charge in [0.1, 0.15) is 0 Å². The molecule has 6 atom stereocenters. The number of ether oxygens (including phenoxy) is 2. The second-order valence-corrected chi connectivity index (χ2v) is 6.29. The minimum Gasteiger partial charge on any atom is -0.472 e. The maximum absolute atomic E-state index is 6.08. The number of hydrogen-bond donors (Lipinski definition) is 0. The van der Waals surface area contributed by atoms with E-state index in [2.05, 4.69) is 20.8 Å². The van der Waals surface area contributed by atoms with Gasteiger partial charge in [0.25, 0.3) is 0 Å². The van der Waals surface area contributed by atoms with Crippen molar-refractivity contribution >= 4 is 0 Å². The summed E-state index contributed by atoms with van der Waals surface area (Å²) in [5, 5.41) is 0. The van der Waals surface area contributed by atoms with Gasteiger partial charge >= 0.3 is 0 Å². The lowest BCUT2D eigenvalue weighted by atomic mass is 9.63. The second kappa shape index (κ2) is 4.31. The van der Waals surface area contributed by atoms with Crippen LogP contribution in [-0.4, -0.2) is 12.4 Å². The minimum atomic E-state index is 0.0222. The first-order valence-electron chi connectivity index (χ1n) is 7.14. The summed E-state index contributed by atoms with van der Waals surface area (Å²) in [6.07, 6.45) is 7.53. The standard InChI is InChI=1S/C15H24O2/c1-9-4-6-13-10(2)8-16-15-14(13)12(9)7-5-11(3)17-15/h8-9,11-15H,4-7H2,1-3H3. The summed E-state index contributed by atoms with van der Waals surface area (Å²) >= 11 is 0. The monoisotopic (exact) mass is 236 g/mol. The van der Waals surface area contributed by atoms with Crippen molar-refractivity contribution in [3.05, 3.63) is 11.8 Å². The van der Waals surface area contributed by atoms with E-state index in [4.69, 9.17) is 9.47 Å². The average molecular weight is 236 g/mol. The predicted molar refractivity (Wildman–Crippen MR) is 67.3 cm³/mol. The van der Waals surface area contributed by atoms with E-state index in [0.717, 1.165) is 11.8 Å². The molecule has 2 fully saturated rings. The Kier molecular flexibility index (Phi) is 2.94. The Labute approximate surface area is 104 Å². The molecule has 0 aromatic carbocycles. The van der Waals surface area contributed by atoms with Crippen LogP contribution in [0.5, 0.6) is 0 Å². The maximum atomic E-state index is 6.08. The molecular formula is C15H24O2. The van der Waals surface area contributed by atoms with Crippen molar-refractivity contribution in [3.8, 4) is 0 Å². The molecular weight excluding hydrogens is 212 g/mol. The largest absolute Gasteiger partial charge is 0.472 e. The number of rotatable bonds is 0. The van der Waals surface area contributed by atoms with Crippen LogP contribution in [0.4, 0.5) is 0 Å². The third kappa shape index (κ3) is 1.91. The summed E-state index contributed by atoms with van der Waals surface area (Å²) in [4.78, 5) is 0. The first kappa shape index (κ1) is 11.6. The highest BCUT2D eigenvalue weighted by atomic mass is 16.7. The minimum absolute atomic E-state index is 0.0222. The normalized spacial score (nSPS) is 49.7. The molecule has 6 unspecified atom stereocenters. The lowest BCUT2D eigenvalue weighted by Gasteiger charge is -2.46. The van der Waals surface area contributed by atoms with Crippen LogP contribution in [-0.2, 0) is 9.47 Å². The van der Waals surface area contributed by atoms with Gasteiger partial charge in [-0.1, -0.05) is 6.92 Å². The summed E-state index contributed by atoms with van der Waals surface area (Å²) in [5.74, 6) is 2.95. The van der Waals surface area contributed by atoms with Crippen molar-refractivity contribution in [2.75, 3.05) is 0 Å². The third-order valence-corrected chi connectivity index (χ3v) is 5.18. The van der Waals surface area contributed by atoms with Gasteiger partial charge in [0.2, 0.25) is 6.29 Å². The van der Waals surface area contributed by atoms with E-state index >= 15 is 0 Å². The third-order valence-electron chi connectivity index (χ3n) is 5.18. The van der Waals surface area contributed by atoms with Crippen molar-refractivity contribution in [1.82, 2.24) is 0 Å². The van der Waals surface area contributed by atoms with Gasteiger partial charge in [-0.05, 0) is 62.9 Å². The van der Waals surface area contributed by atoms with E-state index in [-0.39, 0.29) is 6.29 Å². The lowest BCUT2D eigenvalue weighted by molar-refractivity contribution is -0.191. The molecule has 0 amide bonds. The highest BCUT2D eigenvalue weighted by molar-refractivity contribution is 5.10. The molecule has 96 valence electrons. The summed E-state index contributed by atoms with van der Waals surface area (Å²) in [7, 11) is 0. The molecule has 0 N–H and O–H groups in total. The van der Waals surface area contributed by atoms with Crippen molar-refractivity contribution in [2.45, 2.75) is 58.8 Å². The highest BCUT2D eigenvalue weighted by Crippen LogP contribution is 2.50. The van der Waals surface area contributed by atoms with Crippen LogP contribution in [0.15, 0.2) is 11.8 Å². The molecule has 2 aliphatic heterocycles. The van der Waals surface area contributed by atoms with Crippen LogP contribution >= 0.6 is 0 Å². The van der Waals surface area contributed by atoms with Gasteiger partial charge in [0.15, 0.2) is 0 Å². The smallest absolute Gasteiger partial charge is 0.202 e. The van der Waals surface area contributed by atoms with Gasteiger partial charge in [-0.25, -0.2) is 0 Å². The number of hydrogen-bond acceptors (Lipinski definition) is 2. The van der Waals surface area contributed by atoms with Crippen molar-refractivity contribution in [3.63, 3.8) is 0 Å². The van der Waals surface area contributed by atoms with Crippen LogP contribution in [0.25, 0.3) is 0 Å². The molecule has 3 rings (SSSR count). The topological polar surface area (TPSA) is 18.5 Å². The Balaban J connectivity index is 1.93. The quantitative estimate of drug-likeness (QED) is 0.638. The maximum Gasteiger partial charge on any atom is 0.202 e. The molecule has 0 aromatic rings. The molecule has 0 spiro atoms. The Bertz CT molecular complexity index is 323. The molecule has 1 saturated heterocycles.